The van der Waals surface area contributed by atoms with E-state index in [1.165, 1.54) is 11.1 Å². The standard InChI is InChI=1S/C20H31O4P/c1-15-11-19(3,4)9-7-17(15)13-23-25(21,22)24-14-18-8-10-20(5,6)12-16(18)2/h7-10H,11-14H2,1-6H3,(H,21,22). The Morgan fingerprint density at radius 3 is 1.60 bits per heavy atom. The van der Waals surface area contributed by atoms with Gasteiger partial charge in [-0.1, -0.05) is 63.1 Å². The SMILES string of the molecule is CC1=C(COP(=O)(O)OCC2=C(C)CC(C)(C)C=C2)C=CC(C)(C)C1. The van der Waals surface area contributed by atoms with Gasteiger partial charge in [0.2, 0.25) is 0 Å². The van der Waals surface area contributed by atoms with E-state index in [1.807, 2.05) is 26.0 Å². The first kappa shape index (κ1) is 20.4. The second-order valence-corrected chi connectivity index (χ2v) is 10.1. The summed E-state index contributed by atoms with van der Waals surface area (Å²) in [5.41, 5.74) is 4.52. The topological polar surface area (TPSA) is 55.8 Å². The molecule has 0 saturated heterocycles. The van der Waals surface area contributed by atoms with Gasteiger partial charge in [0.15, 0.2) is 0 Å². The van der Waals surface area contributed by atoms with Crippen molar-refractivity contribution in [1.82, 2.24) is 0 Å². The fraction of sp³-hybridized carbons (Fsp3) is 0.600. The van der Waals surface area contributed by atoms with Gasteiger partial charge in [-0.15, -0.1) is 0 Å². The molecule has 2 aliphatic carbocycles. The normalized spacial score (nSPS) is 22.7. The predicted molar refractivity (Wildman–Crippen MR) is 102 cm³/mol. The van der Waals surface area contributed by atoms with Crippen LogP contribution >= 0.6 is 7.82 Å². The van der Waals surface area contributed by atoms with Crippen LogP contribution in [0.25, 0.3) is 0 Å². The highest BCUT2D eigenvalue weighted by Crippen LogP contribution is 2.45. The van der Waals surface area contributed by atoms with Crippen molar-refractivity contribution >= 4 is 7.82 Å². The summed E-state index contributed by atoms with van der Waals surface area (Å²) < 4.78 is 22.6. The van der Waals surface area contributed by atoms with Gasteiger partial charge in [0.1, 0.15) is 0 Å². The molecule has 0 bridgehead atoms. The van der Waals surface area contributed by atoms with Crippen LogP contribution in [0.15, 0.2) is 46.6 Å². The largest absolute Gasteiger partial charge is 0.472 e. The number of phosphoric ester groups is 1. The molecule has 0 spiro atoms. The van der Waals surface area contributed by atoms with Gasteiger partial charge >= 0.3 is 7.82 Å². The number of hydrogen-bond acceptors (Lipinski definition) is 3. The van der Waals surface area contributed by atoms with Gasteiger partial charge in [-0.2, -0.15) is 0 Å². The van der Waals surface area contributed by atoms with Gasteiger partial charge in [0, 0.05) is 0 Å². The average molecular weight is 366 g/mol. The van der Waals surface area contributed by atoms with Crippen molar-refractivity contribution in [3.8, 4) is 0 Å². The highest BCUT2D eigenvalue weighted by atomic mass is 31.2. The molecule has 0 amide bonds. The summed E-state index contributed by atoms with van der Waals surface area (Å²) >= 11 is 0. The Balaban J connectivity index is 1.90. The fourth-order valence-electron chi connectivity index (χ4n) is 3.33. The molecule has 0 saturated carbocycles. The van der Waals surface area contributed by atoms with Crippen molar-refractivity contribution in [3.63, 3.8) is 0 Å². The molecule has 0 aliphatic heterocycles. The minimum Gasteiger partial charge on any atom is -0.302 e. The van der Waals surface area contributed by atoms with Gasteiger partial charge in [0.25, 0.3) is 0 Å². The zero-order chi connectivity index (χ0) is 18.9. The van der Waals surface area contributed by atoms with Crippen LogP contribution in [-0.2, 0) is 13.6 Å². The van der Waals surface area contributed by atoms with Crippen LogP contribution in [0.3, 0.4) is 0 Å². The van der Waals surface area contributed by atoms with Crippen molar-refractivity contribution in [2.45, 2.75) is 54.4 Å². The maximum absolute atomic E-state index is 12.2. The van der Waals surface area contributed by atoms with E-state index < -0.39 is 7.82 Å². The lowest BCUT2D eigenvalue weighted by Crippen LogP contribution is -2.15. The van der Waals surface area contributed by atoms with Crippen LogP contribution in [0.5, 0.6) is 0 Å². The Kier molecular flexibility index (Phi) is 6.00. The lowest BCUT2D eigenvalue weighted by molar-refractivity contribution is 0.169. The van der Waals surface area contributed by atoms with Crippen LogP contribution in [0.2, 0.25) is 0 Å². The molecule has 4 nitrogen and oxygen atoms in total. The molecule has 140 valence electrons. The van der Waals surface area contributed by atoms with Crippen molar-refractivity contribution in [2.24, 2.45) is 10.8 Å². The Hall–Kier alpha value is -0.930. The summed E-state index contributed by atoms with van der Waals surface area (Å²) in [6.45, 7) is 12.9. The third kappa shape index (κ3) is 6.07. The van der Waals surface area contributed by atoms with Crippen LogP contribution in [0.4, 0.5) is 0 Å². The highest BCUT2D eigenvalue weighted by Gasteiger charge is 2.26. The Labute approximate surface area is 151 Å². The second-order valence-electron chi connectivity index (χ2n) is 8.62. The molecule has 1 N–H and O–H groups in total. The van der Waals surface area contributed by atoms with Crippen molar-refractivity contribution in [2.75, 3.05) is 13.2 Å². The van der Waals surface area contributed by atoms with Crippen molar-refractivity contribution in [1.29, 1.82) is 0 Å². The number of allylic oxidation sites excluding steroid dienone is 4. The smallest absolute Gasteiger partial charge is 0.302 e. The summed E-state index contributed by atoms with van der Waals surface area (Å²) in [5, 5.41) is 0. The van der Waals surface area contributed by atoms with Gasteiger partial charge in [0.05, 0.1) is 13.2 Å². The van der Waals surface area contributed by atoms with Gasteiger partial charge < -0.3 is 4.89 Å². The van der Waals surface area contributed by atoms with E-state index in [4.69, 9.17) is 9.05 Å². The van der Waals surface area contributed by atoms with E-state index in [0.717, 1.165) is 24.0 Å². The monoisotopic (exact) mass is 366 g/mol. The average Bonchev–Trinajstić information content (AvgIpc) is 2.44. The van der Waals surface area contributed by atoms with Gasteiger partial charge in [-0.05, 0) is 48.7 Å². The van der Waals surface area contributed by atoms with E-state index >= 15 is 0 Å². The number of phosphoric acid groups is 1. The Bertz CT molecular complexity index is 636. The van der Waals surface area contributed by atoms with E-state index in [1.54, 1.807) is 0 Å². The molecule has 0 radical (unpaired) electrons. The summed E-state index contributed by atoms with van der Waals surface area (Å²) in [5.74, 6) is 0. The first-order valence-electron chi connectivity index (χ1n) is 8.77. The summed E-state index contributed by atoms with van der Waals surface area (Å²) in [6, 6.07) is 0. The quantitative estimate of drug-likeness (QED) is 0.610. The molecule has 2 aliphatic rings. The summed E-state index contributed by atoms with van der Waals surface area (Å²) in [4.78, 5) is 9.97. The molecule has 5 heteroatoms. The van der Waals surface area contributed by atoms with Crippen LogP contribution in [-0.4, -0.2) is 18.1 Å². The zero-order valence-electron chi connectivity index (χ0n) is 16.3. The molecular formula is C20H31O4P. The lowest BCUT2D eigenvalue weighted by atomic mass is 9.80. The van der Waals surface area contributed by atoms with E-state index in [-0.39, 0.29) is 24.0 Å². The van der Waals surface area contributed by atoms with E-state index in [0.29, 0.717) is 0 Å². The molecule has 0 heterocycles. The molecule has 0 aromatic carbocycles. The molecule has 25 heavy (non-hydrogen) atoms. The third-order valence-corrected chi connectivity index (χ3v) is 5.69. The fourth-order valence-corrected chi connectivity index (χ4v) is 4.01. The molecule has 0 fully saturated rings. The summed E-state index contributed by atoms with van der Waals surface area (Å²) in [6.07, 6.45) is 10.0. The van der Waals surface area contributed by atoms with E-state index in [2.05, 4.69) is 39.8 Å². The molecular weight excluding hydrogens is 335 g/mol. The molecule has 2 rings (SSSR count). The first-order valence-corrected chi connectivity index (χ1v) is 10.3. The zero-order valence-corrected chi connectivity index (χ0v) is 17.2. The van der Waals surface area contributed by atoms with Gasteiger partial charge in [-0.3, -0.25) is 9.05 Å². The first-order chi connectivity index (χ1) is 11.4. The maximum atomic E-state index is 12.2. The highest BCUT2D eigenvalue weighted by molar-refractivity contribution is 7.47. The van der Waals surface area contributed by atoms with Crippen molar-refractivity contribution in [3.05, 3.63) is 46.6 Å². The molecule has 0 atom stereocenters. The number of rotatable bonds is 6. The minimum atomic E-state index is -4.08. The second kappa shape index (κ2) is 7.36. The molecule has 0 aromatic rings. The van der Waals surface area contributed by atoms with Crippen LogP contribution < -0.4 is 0 Å². The van der Waals surface area contributed by atoms with E-state index in [9.17, 15) is 9.46 Å². The third-order valence-electron chi connectivity index (χ3n) is 4.78. The minimum absolute atomic E-state index is 0.0904. The molecule has 0 aromatic heterocycles. The summed E-state index contributed by atoms with van der Waals surface area (Å²) in [7, 11) is -4.08. The van der Waals surface area contributed by atoms with Crippen LogP contribution in [0, 0.1) is 10.8 Å². The van der Waals surface area contributed by atoms with Gasteiger partial charge in [-0.25, -0.2) is 4.57 Å². The van der Waals surface area contributed by atoms with Crippen LogP contribution in [0.1, 0.15) is 54.4 Å². The number of hydrogen-bond donors (Lipinski definition) is 1. The Morgan fingerprint density at radius 2 is 1.28 bits per heavy atom. The molecule has 0 unspecified atom stereocenters. The Morgan fingerprint density at radius 1 is 0.920 bits per heavy atom. The maximum Gasteiger partial charge on any atom is 0.472 e. The predicted octanol–water partition coefficient (Wildman–Crippen LogP) is 5.73. The lowest BCUT2D eigenvalue weighted by Gasteiger charge is -2.27. The van der Waals surface area contributed by atoms with Crippen molar-refractivity contribution < 1.29 is 18.5 Å².